The first-order chi connectivity index (χ1) is 12.1. The average molecular weight is 362 g/mol. The number of amides is 1. The molecule has 0 bridgehead atoms. The Bertz CT molecular complexity index is 720. The molecule has 1 aromatic heterocycles. The monoisotopic (exact) mass is 361 g/mol. The van der Waals surface area contributed by atoms with Crippen molar-refractivity contribution in [2.75, 3.05) is 31.2 Å². The van der Waals surface area contributed by atoms with E-state index in [0.29, 0.717) is 29.1 Å². The van der Waals surface area contributed by atoms with E-state index < -0.39 is 0 Å². The summed E-state index contributed by atoms with van der Waals surface area (Å²) in [6, 6.07) is 2.19. The topological polar surface area (TPSA) is 45.7 Å². The zero-order chi connectivity index (χ0) is 17.2. The Morgan fingerprint density at radius 2 is 2.04 bits per heavy atom. The smallest absolute Gasteiger partial charge is 0.258 e. The summed E-state index contributed by atoms with van der Waals surface area (Å²) in [6.07, 6.45) is 4.69. The highest BCUT2D eigenvalue weighted by atomic mass is 35.5. The quantitative estimate of drug-likeness (QED) is 0.776. The van der Waals surface area contributed by atoms with Crippen LogP contribution in [0.15, 0.2) is 6.07 Å². The second-order valence-corrected chi connectivity index (χ2v) is 8.68. The number of hydrogen-bond donors (Lipinski definition) is 0. The average Bonchev–Trinajstić information content (AvgIpc) is 3.37. The molecule has 3 aliphatic heterocycles. The minimum atomic E-state index is 0.140. The van der Waals surface area contributed by atoms with E-state index in [1.54, 1.807) is 0 Å². The van der Waals surface area contributed by atoms with Crippen LogP contribution in [0.5, 0.6) is 0 Å². The Morgan fingerprint density at radius 1 is 1.32 bits per heavy atom. The summed E-state index contributed by atoms with van der Waals surface area (Å²) in [5, 5.41) is 0.495. The third kappa shape index (κ3) is 2.55. The number of hydrogen-bond acceptors (Lipinski definition) is 4. The lowest BCUT2D eigenvalue weighted by atomic mass is 9.77. The number of aromatic nitrogens is 1. The second kappa shape index (κ2) is 5.58. The van der Waals surface area contributed by atoms with Gasteiger partial charge >= 0.3 is 0 Å². The van der Waals surface area contributed by atoms with E-state index in [4.69, 9.17) is 16.3 Å². The lowest BCUT2D eigenvalue weighted by molar-refractivity contribution is -0.124. The van der Waals surface area contributed by atoms with E-state index in [9.17, 15) is 4.79 Å². The normalized spacial score (nSPS) is 25.9. The maximum absolute atomic E-state index is 13.1. The molecule has 4 heterocycles. The fourth-order valence-corrected chi connectivity index (χ4v) is 4.78. The largest absolute Gasteiger partial charge is 0.380 e. The third-order valence-corrected chi connectivity index (χ3v) is 6.80. The van der Waals surface area contributed by atoms with Gasteiger partial charge in [0.1, 0.15) is 11.0 Å². The van der Waals surface area contributed by atoms with Crippen LogP contribution in [0, 0.1) is 11.3 Å². The Kier molecular flexibility index (Phi) is 3.55. The standard InChI is InChI=1S/C19H24ClN3O2/c1-12(13-2-3-13)23-9-14-8-15(20)21-17(16(14)18(23)24)22-6-4-19(5-7-22)10-25-11-19/h8,12-13H,2-7,9-11H2,1H3/t12-/m0/s1. The predicted molar refractivity (Wildman–Crippen MR) is 96.0 cm³/mol. The van der Waals surface area contributed by atoms with Crippen molar-refractivity contribution in [3.05, 3.63) is 22.3 Å². The zero-order valence-electron chi connectivity index (χ0n) is 14.6. The van der Waals surface area contributed by atoms with Crippen LogP contribution < -0.4 is 4.90 Å². The molecule has 6 heteroatoms. The summed E-state index contributed by atoms with van der Waals surface area (Å²) < 4.78 is 5.42. The summed E-state index contributed by atoms with van der Waals surface area (Å²) >= 11 is 6.30. The fraction of sp³-hybridized carbons (Fsp3) is 0.684. The number of piperidine rings is 1. The number of halogens is 1. The van der Waals surface area contributed by atoms with E-state index >= 15 is 0 Å². The molecule has 3 fully saturated rings. The first kappa shape index (κ1) is 15.9. The van der Waals surface area contributed by atoms with E-state index in [1.807, 2.05) is 11.0 Å². The highest BCUT2D eigenvalue weighted by Crippen LogP contribution is 2.43. The van der Waals surface area contributed by atoms with Gasteiger partial charge in [-0.3, -0.25) is 4.79 Å². The molecule has 1 aromatic rings. The van der Waals surface area contributed by atoms with Crippen LogP contribution in [0.25, 0.3) is 0 Å². The summed E-state index contributed by atoms with van der Waals surface area (Å²) in [4.78, 5) is 22.0. The van der Waals surface area contributed by atoms with E-state index in [0.717, 1.165) is 56.1 Å². The van der Waals surface area contributed by atoms with Crippen molar-refractivity contribution in [1.82, 2.24) is 9.88 Å². The van der Waals surface area contributed by atoms with Crippen LogP contribution in [0.1, 0.15) is 48.5 Å². The number of carbonyl (C=O) groups excluding carboxylic acids is 1. The molecule has 134 valence electrons. The van der Waals surface area contributed by atoms with Gasteiger partial charge in [-0.05, 0) is 50.2 Å². The maximum atomic E-state index is 13.1. The number of nitrogens with zero attached hydrogens (tertiary/aromatic N) is 3. The Labute approximate surface area is 153 Å². The maximum Gasteiger partial charge on any atom is 0.258 e. The summed E-state index contributed by atoms with van der Waals surface area (Å²) in [5.41, 5.74) is 2.20. The molecule has 1 atom stereocenters. The molecule has 0 N–H and O–H groups in total. The van der Waals surface area contributed by atoms with Gasteiger partial charge in [-0.2, -0.15) is 0 Å². The molecule has 5 rings (SSSR count). The molecule has 2 saturated heterocycles. The first-order valence-corrected chi connectivity index (χ1v) is 9.77. The Hall–Kier alpha value is -1.33. The molecule has 0 aromatic carbocycles. The number of anilines is 1. The van der Waals surface area contributed by atoms with Gasteiger partial charge in [0, 0.05) is 31.1 Å². The van der Waals surface area contributed by atoms with Gasteiger partial charge in [-0.15, -0.1) is 0 Å². The molecule has 1 amide bonds. The number of carbonyl (C=O) groups is 1. The first-order valence-electron chi connectivity index (χ1n) is 9.39. The number of fused-ring (bicyclic) bond motifs is 1. The van der Waals surface area contributed by atoms with Gasteiger partial charge in [0.05, 0.1) is 18.8 Å². The van der Waals surface area contributed by atoms with Crippen LogP contribution in [0.2, 0.25) is 5.15 Å². The lowest BCUT2D eigenvalue weighted by Crippen LogP contribution is -2.51. The van der Waals surface area contributed by atoms with Gasteiger partial charge in [-0.25, -0.2) is 4.98 Å². The van der Waals surface area contributed by atoms with E-state index in [-0.39, 0.29) is 5.91 Å². The van der Waals surface area contributed by atoms with Gasteiger partial charge < -0.3 is 14.5 Å². The second-order valence-electron chi connectivity index (χ2n) is 8.29. The van der Waals surface area contributed by atoms with Crippen LogP contribution in [0.3, 0.4) is 0 Å². The van der Waals surface area contributed by atoms with Crippen molar-refractivity contribution >= 4 is 23.3 Å². The minimum Gasteiger partial charge on any atom is -0.380 e. The summed E-state index contributed by atoms with van der Waals surface area (Å²) in [6.45, 7) is 6.47. The van der Waals surface area contributed by atoms with Crippen LogP contribution in [0.4, 0.5) is 5.82 Å². The molecule has 4 aliphatic rings. The molecule has 25 heavy (non-hydrogen) atoms. The third-order valence-electron chi connectivity index (χ3n) is 6.60. The van der Waals surface area contributed by atoms with Crippen molar-refractivity contribution in [2.45, 2.75) is 45.2 Å². The number of pyridine rings is 1. The van der Waals surface area contributed by atoms with Gasteiger partial charge in [0.15, 0.2) is 0 Å². The van der Waals surface area contributed by atoms with Gasteiger partial charge in [0.2, 0.25) is 0 Å². The van der Waals surface area contributed by atoms with E-state index in [1.165, 1.54) is 12.8 Å². The zero-order valence-corrected chi connectivity index (χ0v) is 15.4. The highest BCUT2D eigenvalue weighted by molar-refractivity contribution is 6.29. The lowest BCUT2D eigenvalue weighted by Gasteiger charge is -2.47. The van der Waals surface area contributed by atoms with Crippen molar-refractivity contribution in [3.63, 3.8) is 0 Å². The molecular formula is C19H24ClN3O2. The SMILES string of the molecule is C[C@@H](C1CC1)N1Cc2cc(Cl)nc(N3CCC4(CC3)COC4)c2C1=O. The van der Waals surface area contributed by atoms with Crippen LogP contribution in [-0.2, 0) is 11.3 Å². The van der Waals surface area contributed by atoms with Crippen molar-refractivity contribution in [2.24, 2.45) is 11.3 Å². The molecule has 1 aliphatic carbocycles. The highest BCUT2D eigenvalue weighted by Gasteiger charge is 2.44. The van der Waals surface area contributed by atoms with Crippen molar-refractivity contribution in [1.29, 1.82) is 0 Å². The fourth-order valence-electron chi connectivity index (χ4n) is 4.57. The van der Waals surface area contributed by atoms with Crippen LogP contribution in [-0.4, -0.2) is 48.1 Å². The van der Waals surface area contributed by atoms with Crippen molar-refractivity contribution < 1.29 is 9.53 Å². The predicted octanol–water partition coefficient (Wildman–Crippen LogP) is 3.11. The van der Waals surface area contributed by atoms with E-state index in [2.05, 4.69) is 16.8 Å². The Morgan fingerprint density at radius 3 is 2.64 bits per heavy atom. The molecular weight excluding hydrogens is 338 g/mol. The summed E-state index contributed by atoms with van der Waals surface area (Å²) in [5.74, 6) is 1.60. The van der Waals surface area contributed by atoms with Gasteiger partial charge in [-0.1, -0.05) is 11.6 Å². The van der Waals surface area contributed by atoms with Crippen LogP contribution >= 0.6 is 11.6 Å². The summed E-state index contributed by atoms with van der Waals surface area (Å²) in [7, 11) is 0. The minimum absolute atomic E-state index is 0.140. The number of ether oxygens (including phenoxy) is 1. The number of rotatable bonds is 3. The molecule has 0 radical (unpaired) electrons. The molecule has 1 spiro atoms. The Balaban J connectivity index is 1.43. The molecule has 1 saturated carbocycles. The van der Waals surface area contributed by atoms with Gasteiger partial charge in [0.25, 0.3) is 5.91 Å². The molecule has 5 nitrogen and oxygen atoms in total. The van der Waals surface area contributed by atoms with Crippen molar-refractivity contribution in [3.8, 4) is 0 Å². The molecule has 0 unspecified atom stereocenters.